The van der Waals surface area contributed by atoms with Crippen LogP contribution in [0.2, 0.25) is 0 Å². The number of hydrogen-bond acceptors (Lipinski definition) is 2. The van der Waals surface area contributed by atoms with Crippen molar-refractivity contribution in [1.82, 2.24) is 0 Å². The molecule has 1 atom stereocenters. The van der Waals surface area contributed by atoms with E-state index in [0.717, 1.165) is 18.8 Å². The maximum atomic E-state index is 5.64. The van der Waals surface area contributed by atoms with Gasteiger partial charge in [-0.15, -0.1) is 0 Å². The van der Waals surface area contributed by atoms with Gasteiger partial charge in [0.1, 0.15) is 5.75 Å². The van der Waals surface area contributed by atoms with Crippen molar-refractivity contribution >= 4 is 0 Å². The molecule has 0 radical (unpaired) electrons. The zero-order chi connectivity index (χ0) is 9.52. The first kappa shape index (κ1) is 10.1. The van der Waals surface area contributed by atoms with Gasteiger partial charge in [-0.3, -0.25) is 0 Å². The minimum absolute atomic E-state index is 0.211. The van der Waals surface area contributed by atoms with E-state index in [2.05, 4.69) is 0 Å². The molecular formula is C11H16O2. The number of ether oxygens (including phenoxy) is 2. The van der Waals surface area contributed by atoms with Gasteiger partial charge in [-0.25, -0.2) is 0 Å². The molecule has 0 N–H and O–H groups in total. The lowest BCUT2D eigenvalue weighted by Crippen LogP contribution is -2.13. The Hall–Kier alpha value is -1.02. The fraction of sp³-hybridized carbons (Fsp3) is 0.455. The van der Waals surface area contributed by atoms with Gasteiger partial charge in [0.15, 0.2) is 0 Å². The van der Waals surface area contributed by atoms with Crippen molar-refractivity contribution in [3.63, 3.8) is 0 Å². The summed E-state index contributed by atoms with van der Waals surface area (Å²) in [6.45, 7) is 2.79. The summed E-state index contributed by atoms with van der Waals surface area (Å²) in [6.07, 6.45) is 1.13. The molecule has 2 heteroatoms. The molecule has 0 bridgehead atoms. The largest absolute Gasteiger partial charge is 0.491 e. The molecule has 0 heterocycles. The summed E-state index contributed by atoms with van der Waals surface area (Å²) in [4.78, 5) is 0. The first-order valence-electron chi connectivity index (χ1n) is 4.53. The average Bonchev–Trinajstić information content (AvgIpc) is 2.16. The van der Waals surface area contributed by atoms with Crippen molar-refractivity contribution in [2.45, 2.75) is 19.4 Å². The summed E-state index contributed by atoms with van der Waals surface area (Å²) in [6, 6.07) is 9.84. The maximum absolute atomic E-state index is 5.64. The Morgan fingerprint density at radius 2 is 1.92 bits per heavy atom. The lowest BCUT2D eigenvalue weighted by Gasteiger charge is -2.13. The highest BCUT2D eigenvalue weighted by atomic mass is 16.5. The van der Waals surface area contributed by atoms with Crippen LogP contribution in [0.5, 0.6) is 5.75 Å². The molecule has 0 aliphatic heterocycles. The van der Waals surface area contributed by atoms with E-state index in [1.807, 2.05) is 37.3 Å². The van der Waals surface area contributed by atoms with E-state index in [4.69, 9.17) is 9.47 Å². The smallest absolute Gasteiger partial charge is 0.119 e. The summed E-state index contributed by atoms with van der Waals surface area (Å²) in [5.41, 5.74) is 0. The second kappa shape index (κ2) is 5.60. The second-order valence-corrected chi connectivity index (χ2v) is 3.02. The molecule has 0 aliphatic rings. The Morgan fingerprint density at radius 1 is 1.23 bits per heavy atom. The number of methoxy groups -OCH3 is 1. The van der Waals surface area contributed by atoms with Crippen LogP contribution >= 0.6 is 0 Å². The molecule has 13 heavy (non-hydrogen) atoms. The van der Waals surface area contributed by atoms with Gasteiger partial charge in [-0.1, -0.05) is 18.2 Å². The van der Waals surface area contributed by atoms with Crippen LogP contribution in [-0.4, -0.2) is 19.8 Å². The molecule has 0 saturated carbocycles. The van der Waals surface area contributed by atoms with Gasteiger partial charge in [0.25, 0.3) is 0 Å². The molecule has 0 fully saturated rings. The Kier molecular flexibility index (Phi) is 4.33. The molecule has 72 valence electrons. The lowest BCUT2D eigenvalue weighted by molar-refractivity contribution is 0.135. The Balaban J connectivity index is 2.32. The lowest BCUT2D eigenvalue weighted by atomic mass is 10.3. The van der Waals surface area contributed by atoms with E-state index in [1.54, 1.807) is 7.11 Å². The van der Waals surface area contributed by atoms with Crippen LogP contribution in [0.3, 0.4) is 0 Å². The third-order valence-electron chi connectivity index (χ3n) is 1.81. The third-order valence-corrected chi connectivity index (χ3v) is 1.81. The summed E-state index contributed by atoms with van der Waals surface area (Å²) >= 11 is 0. The van der Waals surface area contributed by atoms with Crippen LogP contribution < -0.4 is 4.74 Å². The Morgan fingerprint density at radius 3 is 2.54 bits per heavy atom. The molecule has 1 rings (SSSR count). The predicted molar refractivity (Wildman–Crippen MR) is 53.0 cm³/mol. The van der Waals surface area contributed by atoms with Gasteiger partial charge in [0.2, 0.25) is 0 Å². The van der Waals surface area contributed by atoms with E-state index in [0.29, 0.717) is 0 Å². The zero-order valence-electron chi connectivity index (χ0n) is 8.19. The van der Waals surface area contributed by atoms with Crippen LogP contribution in [-0.2, 0) is 4.74 Å². The molecule has 0 spiro atoms. The molecule has 0 saturated heterocycles. The average molecular weight is 180 g/mol. The molecule has 2 nitrogen and oxygen atoms in total. The van der Waals surface area contributed by atoms with Crippen LogP contribution in [0.1, 0.15) is 13.3 Å². The summed E-state index contributed by atoms with van der Waals surface area (Å²) in [7, 11) is 1.70. The van der Waals surface area contributed by atoms with E-state index in [-0.39, 0.29) is 6.10 Å². The highest BCUT2D eigenvalue weighted by molar-refractivity contribution is 5.21. The van der Waals surface area contributed by atoms with E-state index < -0.39 is 0 Å². The van der Waals surface area contributed by atoms with E-state index in [9.17, 15) is 0 Å². The number of para-hydroxylation sites is 1. The monoisotopic (exact) mass is 180 g/mol. The van der Waals surface area contributed by atoms with Crippen molar-refractivity contribution in [3.8, 4) is 5.75 Å². The predicted octanol–water partition coefficient (Wildman–Crippen LogP) is 2.49. The molecular weight excluding hydrogens is 164 g/mol. The van der Waals surface area contributed by atoms with Crippen LogP contribution in [0.4, 0.5) is 0 Å². The quantitative estimate of drug-likeness (QED) is 0.693. The Labute approximate surface area is 79.5 Å². The fourth-order valence-corrected chi connectivity index (χ4v) is 1.07. The van der Waals surface area contributed by atoms with Crippen LogP contribution in [0.15, 0.2) is 30.3 Å². The summed E-state index contributed by atoms with van der Waals surface area (Å²) in [5.74, 6) is 0.922. The maximum Gasteiger partial charge on any atom is 0.119 e. The van der Waals surface area contributed by atoms with E-state index in [1.165, 1.54) is 0 Å². The van der Waals surface area contributed by atoms with Gasteiger partial charge >= 0.3 is 0 Å². The number of benzene rings is 1. The van der Waals surface area contributed by atoms with Crippen LogP contribution in [0.25, 0.3) is 0 Å². The van der Waals surface area contributed by atoms with Crippen molar-refractivity contribution in [1.29, 1.82) is 0 Å². The summed E-state index contributed by atoms with van der Waals surface area (Å²) < 4.78 is 10.6. The molecule has 0 aliphatic carbocycles. The fourth-order valence-electron chi connectivity index (χ4n) is 1.07. The first-order chi connectivity index (χ1) is 6.33. The van der Waals surface area contributed by atoms with Crippen molar-refractivity contribution < 1.29 is 9.47 Å². The Bertz CT molecular complexity index is 221. The normalized spacial score (nSPS) is 12.5. The van der Waals surface area contributed by atoms with Crippen molar-refractivity contribution in [3.05, 3.63) is 30.3 Å². The van der Waals surface area contributed by atoms with Crippen molar-refractivity contribution in [2.75, 3.05) is 13.7 Å². The second-order valence-electron chi connectivity index (χ2n) is 3.02. The molecule has 1 aromatic rings. The first-order valence-corrected chi connectivity index (χ1v) is 4.53. The zero-order valence-corrected chi connectivity index (χ0v) is 8.19. The number of rotatable bonds is 5. The number of hydrogen-bond donors (Lipinski definition) is 0. The highest BCUT2D eigenvalue weighted by Gasteiger charge is 2.02. The minimum atomic E-state index is 0.211. The van der Waals surface area contributed by atoms with Gasteiger partial charge < -0.3 is 9.47 Å². The minimum Gasteiger partial charge on any atom is -0.491 e. The molecule has 1 aromatic carbocycles. The topological polar surface area (TPSA) is 18.5 Å². The summed E-state index contributed by atoms with van der Waals surface area (Å²) in [5, 5.41) is 0. The van der Waals surface area contributed by atoms with Gasteiger partial charge in [0.05, 0.1) is 6.10 Å². The third kappa shape index (κ3) is 3.95. The molecule has 0 aromatic heterocycles. The SMILES string of the molecule is COCCC(C)Oc1ccccc1. The van der Waals surface area contributed by atoms with Gasteiger partial charge in [-0.05, 0) is 19.1 Å². The standard InChI is InChI=1S/C11H16O2/c1-10(8-9-12-2)13-11-6-4-3-5-7-11/h3-7,10H,8-9H2,1-2H3. The van der Waals surface area contributed by atoms with Crippen molar-refractivity contribution in [2.24, 2.45) is 0 Å². The van der Waals surface area contributed by atoms with Crippen LogP contribution in [0, 0.1) is 0 Å². The van der Waals surface area contributed by atoms with Gasteiger partial charge in [-0.2, -0.15) is 0 Å². The van der Waals surface area contributed by atoms with Gasteiger partial charge in [0, 0.05) is 20.1 Å². The molecule has 1 unspecified atom stereocenters. The molecule has 0 amide bonds. The van der Waals surface area contributed by atoms with E-state index >= 15 is 0 Å². The highest BCUT2D eigenvalue weighted by Crippen LogP contribution is 2.11.